The molecule has 0 aliphatic rings. The Morgan fingerprint density at radius 2 is 2.11 bits per heavy atom. The van der Waals surface area contributed by atoms with Crippen molar-refractivity contribution in [2.45, 2.75) is 33.4 Å². The second-order valence-corrected chi connectivity index (χ2v) is 4.94. The van der Waals surface area contributed by atoms with Gasteiger partial charge < -0.3 is 14.4 Å². The number of aromatic nitrogens is 1. The summed E-state index contributed by atoms with van der Waals surface area (Å²) < 4.78 is 6.56. The third kappa shape index (κ3) is 2.49. The maximum Gasteiger partial charge on any atom is 0.325 e. The van der Waals surface area contributed by atoms with Gasteiger partial charge in [0, 0.05) is 17.1 Å². The predicted molar refractivity (Wildman–Crippen MR) is 74.1 cm³/mol. The molecule has 1 unspecified atom stereocenters. The smallest absolute Gasteiger partial charge is 0.325 e. The number of hydrogen-bond acceptors (Lipinski definition) is 3. The van der Waals surface area contributed by atoms with E-state index in [1.165, 1.54) is 7.11 Å². The zero-order valence-corrected chi connectivity index (χ0v) is 11.7. The molecule has 0 aliphatic carbocycles. The van der Waals surface area contributed by atoms with Gasteiger partial charge in [-0.15, -0.1) is 0 Å². The van der Waals surface area contributed by atoms with Crippen LogP contribution < -0.4 is 0 Å². The fourth-order valence-corrected chi connectivity index (χ4v) is 2.52. The highest BCUT2D eigenvalue weighted by molar-refractivity contribution is 5.89. The monoisotopic (exact) mass is 261 g/mol. The number of carbonyl (C=O) groups is 1. The molecule has 102 valence electrons. The zero-order chi connectivity index (χ0) is 14.2. The molecule has 2 aromatic rings. The Morgan fingerprint density at radius 1 is 1.42 bits per heavy atom. The number of hydrogen-bond donors (Lipinski definition) is 1. The lowest BCUT2D eigenvalue weighted by atomic mass is 10.0. The van der Waals surface area contributed by atoms with E-state index in [1.807, 2.05) is 30.7 Å². The minimum absolute atomic E-state index is 0.156. The Bertz CT molecular complexity index is 626. The van der Waals surface area contributed by atoms with Crippen molar-refractivity contribution >= 4 is 16.9 Å². The van der Waals surface area contributed by atoms with Crippen molar-refractivity contribution in [1.29, 1.82) is 0 Å². The SMILES string of the molecule is COC(=O)Cn1cc(C(C)O)c2cc(C)cc(C)c21. The second-order valence-electron chi connectivity index (χ2n) is 4.94. The van der Waals surface area contributed by atoms with Gasteiger partial charge in [0.2, 0.25) is 0 Å². The van der Waals surface area contributed by atoms with Gasteiger partial charge in [-0.2, -0.15) is 0 Å². The first-order valence-electron chi connectivity index (χ1n) is 6.29. The Morgan fingerprint density at radius 3 is 2.68 bits per heavy atom. The van der Waals surface area contributed by atoms with Crippen LogP contribution in [0, 0.1) is 13.8 Å². The number of rotatable bonds is 3. The number of benzene rings is 1. The average molecular weight is 261 g/mol. The number of methoxy groups -OCH3 is 1. The summed E-state index contributed by atoms with van der Waals surface area (Å²) in [7, 11) is 1.38. The minimum Gasteiger partial charge on any atom is -0.468 e. The van der Waals surface area contributed by atoms with Crippen LogP contribution in [0.5, 0.6) is 0 Å². The third-order valence-electron chi connectivity index (χ3n) is 3.32. The molecule has 0 fully saturated rings. The van der Waals surface area contributed by atoms with Crippen molar-refractivity contribution in [3.05, 3.63) is 35.0 Å². The van der Waals surface area contributed by atoms with Gasteiger partial charge in [-0.3, -0.25) is 4.79 Å². The van der Waals surface area contributed by atoms with Crippen LogP contribution >= 0.6 is 0 Å². The Labute approximate surface area is 112 Å². The van der Waals surface area contributed by atoms with Gasteiger partial charge in [-0.05, 0) is 32.4 Å². The summed E-state index contributed by atoms with van der Waals surface area (Å²) >= 11 is 0. The Balaban J connectivity index is 2.68. The standard InChI is InChI=1S/C15H19NO3/c1-9-5-10(2)15-12(6-9)13(11(3)17)7-16(15)8-14(18)19-4/h5-7,11,17H,8H2,1-4H3. The van der Waals surface area contributed by atoms with Gasteiger partial charge in [-0.1, -0.05) is 11.6 Å². The quantitative estimate of drug-likeness (QED) is 0.864. The van der Waals surface area contributed by atoms with Gasteiger partial charge in [0.05, 0.1) is 18.7 Å². The molecule has 0 saturated heterocycles. The average Bonchev–Trinajstić information content (AvgIpc) is 2.67. The summed E-state index contributed by atoms with van der Waals surface area (Å²) in [5, 5.41) is 10.9. The molecule has 1 atom stereocenters. The van der Waals surface area contributed by atoms with Crippen molar-refractivity contribution in [3.8, 4) is 0 Å². The molecule has 0 spiro atoms. The highest BCUT2D eigenvalue weighted by Gasteiger charge is 2.16. The second kappa shape index (κ2) is 5.05. The molecule has 4 nitrogen and oxygen atoms in total. The molecule has 0 radical (unpaired) electrons. The molecule has 1 heterocycles. The van der Waals surface area contributed by atoms with Crippen LogP contribution in [0.2, 0.25) is 0 Å². The zero-order valence-electron chi connectivity index (χ0n) is 11.7. The van der Waals surface area contributed by atoms with Crippen LogP contribution in [0.15, 0.2) is 18.3 Å². The summed E-state index contributed by atoms with van der Waals surface area (Å²) in [6.07, 6.45) is 1.26. The molecule has 1 N–H and O–H groups in total. The molecule has 19 heavy (non-hydrogen) atoms. The first-order valence-corrected chi connectivity index (χ1v) is 6.29. The molecule has 4 heteroatoms. The van der Waals surface area contributed by atoms with Crippen molar-refractivity contribution < 1.29 is 14.6 Å². The molecule has 1 aromatic carbocycles. The topological polar surface area (TPSA) is 51.5 Å². The van der Waals surface area contributed by atoms with Crippen LogP contribution in [-0.2, 0) is 16.1 Å². The number of aliphatic hydroxyl groups excluding tert-OH is 1. The van der Waals surface area contributed by atoms with E-state index in [1.54, 1.807) is 6.92 Å². The van der Waals surface area contributed by atoms with E-state index >= 15 is 0 Å². The van der Waals surface area contributed by atoms with Gasteiger partial charge in [0.1, 0.15) is 6.54 Å². The van der Waals surface area contributed by atoms with Crippen LogP contribution in [-0.4, -0.2) is 22.8 Å². The highest BCUT2D eigenvalue weighted by atomic mass is 16.5. The normalized spacial score (nSPS) is 12.7. The van der Waals surface area contributed by atoms with E-state index in [-0.39, 0.29) is 12.5 Å². The van der Waals surface area contributed by atoms with Crippen molar-refractivity contribution in [3.63, 3.8) is 0 Å². The molecular weight excluding hydrogens is 242 g/mol. The molecule has 0 aliphatic heterocycles. The van der Waals surface area contributed by atoms with Crippen LogP contribution in [0.1, 0.15) is 29.7 Å². The Kier molecular flexibility index (Phi) is 3.62. The van der Waals surface area contributed by atoms with E-state index in [9.17, 15) is 9.90 Å². The van der Waals surface area contributed by atoms with Crippen LogP contribution in [0.4, 0.5) is 0 Å². The molecular formula is C15H19NO3. The summed E-state index contributed by atoms with van der Waals surface area (Å²) in [4.78, 5) is 11.5. The third-order valence-corrected chi connectivity index (χ3v) is 3.32. The van der Waals surface area contributed by atoms with Gasteiger partial charge in [0.25, 0.3) is 0 Å². The van der Waals surface area contributed by atoms with E-state index in [0.29, 0.717) is 0 Å². The number of fused-ring (bicyclic) bond motifs is 1. The van der Waals surface area contributed by atoms with Gasteiger partial charge >= 0.3 is 5.97 Å². The number of carbonyl (C=O) groups excluding carboxylic acids is 1. The number of nitrogens with zero attached hydrogens (tertiary/aromatic N) is 1. The molecule has 0 amide bonds. The largest absolute Gasteiger partial charge is 0.468 e. The lowest BCUT2D eigenvalue weighted by Crippen LogP contribution is -2.11. The van der Waals surface area contributed by atoms with Crippen molar-refractivity contribution in [2.24, 2.45) is 0 Å². The maximum atomic E-state index is 11.5. The molecule has 0 saturated carbocycles. The van der Waals surface area contributed by atoms with E-state index < -0.39 is 6.10 Å². The van der Waals surface area contributed by atoms with Crippen molar-refractivity contribution in [2.75, 3.05) is 7.11 Å². The van der Waals surface area contributed by atoms with Gasteiger partial charge in [0.15, 0.2) is 0 Å². The molecule has 2 rings (SSSR count). The molecule has 0 bridgehead atoms. The fourth-order valence-electron chi connectivity index (χ4n) is 2.52. The van der Waals surface area contributed by atoms with E-state index in [2.05, 4.69) is 6.07 Å². The van der Waals surface area contributed by atoms with Crippen molar-refractivity contribution in [1.82, 2.24) is 4.57 Å². The lowest BCUT2D eigenvalue weighted by molar-refractivity contribution is -0.141. The first-order chi connectivity index (χ1) is 8.93. The van der Waals surface area contributed by atoms with E-state index in [4.69, 9.17) is 4.74 Å². The van der Waals surface area contributed by atoms with E-state index in [0.717, 1.165) is 27.6 Å². The van der Waals surface area contributed by atoms with Gasteiger partial charge in [-0.25, -0.2) is 0 Å². The predicted octanol–water partition coefficient (Wildman–Crippen LogP) is 2.48. The number of ether oxygens (including phenoxy) is 1. The minimum atomic E-state index is -0.567. The Hall–Kier alpha value is -1.81. The summed E-state index contributed by atoms with van der Waals surface area (Å²) in [5.41, 5.74) is 4.05. The first kappa shape index (κ1) is 13.6. The summed E-state index contributed by atoms with van der Waals surface area (Å²) in [5.74, 6) is -0.297. The number of esters is 1. The summed E-state index contributed by atoms with van der Waals surface area (Å²) in [6.45, 7) is 5.92. The molecule has 1 aromatic heterocycles. The number of aliphatic hydroxyl groups is 1. The number of aryl methyl sites for hydroxylation is 2. The van der Waals surface area contributed by atoms with Crippen LogP contribution in [0.3, 0.4) is 0 Å². The van der Waals surface area contributed by atoms with Crippen LogP contribution in [0.25, 0.3) is 10.9 Å². The summed E-state index contributed by atoms with van der Waals surface area (Å²) in [6, 6.07) is 4.11. The highest BCUT2D eigenvalue weighted by Crippen LogP contribution is 2.30. The lowest BCUT2D eigenvalue weighted by Gasteiger charge is -2.07. The fraction of sp³-hybridized carbons (Fsp3) is 0.400. The maximum absolute atomic E-state index is 11.5.